The van der Waals surface area contributed by atoms with Gasteiger partial charge in [-0.25, -0.2) is 0 Å². The zero-order valence-electron chi connectivity index (χ0n) is 11.6. The fourth-order valence-electron chi connectivity index (χ4n) is 2.04. The molecule has 0 saturated carbocycles. The Morgan fingerprint density at radius 1 is 1.20 bits per heavy atom. The van der Waals surface area contributed by atoms with Gasteiger partial charge in [0.15, 0.2) is 5.85 Å². The average Bonchev–Trinajstić information content (AvgIpc) is 2.45. The highest BCUT2D eigenvalue weighted by Crippen LogP contribution is 2.56. The molecular weight excluding hydrogens is 275 g/mol. The van der Waals surface area contributed by atoms with Crippen molar-refractivity contribution < 1.29 is 19.1 Å². The third kappa shape index (κ3) is 3.10. The summed E-state index contributed by atoms with van der Waals surface area (Å²) < 4.78 is 17.3. The van der Waals surface area contributed by atoms with Gasteiger partial charge in [-0.2, -0.15) is 0 Å². The number of aliphatic hydroxyl groups excluding tert-OH is 1. The number of rotatable bonds is 5. The van der Waals surface area contributed by atoms with Crippen molar-refractivity contribution in [3.05, 3.63) is 48.0 Å². The van der Waals surface area contributed by atoms with Gasteiger partial charge in [0.2, 0.25) is 0 Å². The molecule has 2 aromatic carbocycles. The largest absolute Gasteiger partial charge is 0.376 e. The first-order chi connectivity index (χ1) is 9.45. The Hall–Kier alpha value is -1.19. The summed E-state index contributed by atoms with van der Waals surface area (Å²) in [5.74, 6) is -1.54. The molecule has 0 spiro atoms. The standard InChI is InChI=1S/C15H19O4P/c1-3-11(2)19-20(17,18)15(16)14-10-6-8-12-7-4-5-9-13(12)14/h4-11,15-16H,3H2,1-2H3,(H,17,18). The Morgan fingerprint density at radius 2 is 1.85 bits per heavy atom. The van der Waals surface area contributed by atoms with Crippen LogP contribution in [0.15, 0.2) is 42.5 Å². The van der Waals surface area contributed by atoms with Crippen molar-refractivity contribution in [3.8, 4) is 0 Å². The predicted octanol–water partition coefficient (Wildman–Crippen LogP) is 3.83. The molecule has 0 fully saturated rings. The van der Waals surface area contributed by atoms with E-state index in [2.05, 4.69) is 0 Å². The normalized spacial score (nSPS) is 17.6. The maximum Gasteiger partial charge on any atom is 0.361 e. The van der Waals surface area contributed by atoms with E-state index in [1.54, 1.807) is 19.1 Å². The van der Waals surface area contributed by atoms with E-state index < -0.39 is 13.4 Å². The summed E-state index contributed by atoms with van der Waals surface area (Å²) in [5, 5.41) is 11.9. The van der Waals surface area contributed by atoms with Crippen LogP contribution in [0.1, 0.15) is 31.7 Å². The van der Waals surface area contributed by atoms with Crippen molar-refractivity contribution in [3.63, 3.8) is 0 Å². The van der Waals surface area contributed by atoms with Crippen molar-refractivity contribution in [2.24, 2.45) is 0 Å². The first kappa shape index (κ1) is 15.2. The van der Waals surface area contributed by atoms with Crippen LogP contribution < -0.4 is 0 Å². The Morgan fingerprint density at radius 3 is 2.55 bits per heavy atom. The summed E-state index contributed by atoms with van der Waals surface area (Å²) in [6.45, 7) is 3.56. The molecular formula is C15H19O4P. The van der Waals surface area contributed by atoms with E-state index in [1.807, 2.05) is 37.3 Å². The Bertz CT molecular complexity index is 635. The van der Waals surface area contributed by atoms with E-state index in [-0.39, 0.29) is 6.10 Å². The zero-order chi connectivity index (χ0) is 14.8. The summed E-state index contributed by atoms with van der Waals surface area (Å²) in [5.41, 5.74) is 0.414. The van der Waals surface area contributed by atoms with Crippen LogP contribution in [0, 0.1) is 0 Å². The molecule has 0 radical (unpaired) electrons. The minimum absolute atomic E-state index is 0.379. The van der Waals surface area contributed by atoms with Gasteiger partial charge < -0.3 is 14.5 Å². The second-order valence-electron chi connectivity index (χ2n) is 4.83. The van der Waals surface area contributed by atoms with E-state index in [4.69, 9.17) is 4.52 Å². The molecule has 2 N–H and O–H groups in total. The number of hydrogen-bond donors (Lipinski definition) is 2. The molecule has 5 heteroatoms. The van der Waals surface area contributed by atoms with Gasteiger partial charge in [0.25, 0.3) is 0 Å². The van der Waals surface area contributed by atoms with Crippen LogP contribution in [0.5, 0.6) is 0 Å². The lowest BCUT2D eigenvalue weighted by Crippen LogP contribution is -2.09. The molecule has 2 aromatic rings. The van der Waals surface area contributed by atoms with Crippen LogP contribution in [-0.2, 0) is 9.09 Å². The SMILES string of the molecule is CCC(C)OP(=O)(O)C(O)c1cccc2ccccc12. The van der Waals surface area contributed by atoms with Crippen LogP contribution in [-0.4, -0.2) is 16.1 Å². The van der Waals surface area contributed by atoms with Crippen LogP contribution in [0.3, 0.4) is 0 Å². The molecule has 2 rings (SSSR count). The molecule has 20 heavy (non-hydrogen) atoms. The van der Waals surface area contributed by atoms with Gasteiger partial charge >= 0.3 is 7.60 Å². The molecule has 0 aliphatic heterocycles. The summed E-state index contributed by atoms with van der Waals surface area (Å²) in [6.07, 6.45) is 0.225. The van der Waals surface area contributed by atoms with Crippen LogP contribution in [0.4, 0.5) is 0 Å². The summed E-state index contributed by atoms with van der Waals surface area (Å²) in [7, 11) is -4.13. The van der Waals surface area contributed by atoms with Crippen LogP contribution in [0.2, 0.25) is 0 Å². The maximum absolute atomic E-state index is 12.2. The third-order valence-corrected chi connectivity index (χ3v) is 4.87. The van der Waals surface area contributed by atoms with Gasteiger partial charge in [0.05, 0.1) is 6.10 Å². The van der Waals surface area contributed by atoms with Gasteiger partial charge in [-0.15, -0.1) is 0 Å². The van der Waals surface area contributed by atoms with E-state index in [1.165, 1.54) is 0 Å². The molecule has 0 aromatic heterocycles. The molecule has 0 heterocycles. The van der Waals surface area contributed by atoms with Gasteiger partial charge in [-0.05, 0) is 24.1 Å². The number of fused-ring (bicyclic) bond motifs is 1. The van der Waals surface area contributed by atoms with E-state index in [0.29, 0.717) is 12.0 Å². The third-order valence-electron chi connectivity index (χ3n) is 3.32. The Labute approximate surface area is 118 Å². The molecule has 3 unspecified atom stereocenters. The molecule has 0 aliphatic rings. The zero-order valence-corrected chi connectivity index (χ0v) is 12.5. The molecule has 0 bridgehead atoms. The molecule has 4 nitrogen and oxygen atoms in total. The number of hydrogen-bond acceptors (Lipinski definition) is 3. The van der Waals surface area contributed by atoms with Gasteiger partial charge in [-0.1, -0.05) is 49.4 Å². The average molecular weight is 294 g/mol. The lowest BCUT2D eigenvalue weighted by molar-refractivity contribution is 0.137. The molecule has 3 atom stereocenters. The van der Waals surface area contributed by atoms with Gasteiger partial charge in [0, 0.05) is 5.56 Å². The second-order valence-corrected chi connectivity index (χ2v) is 6.66. The van der Waals surface area contributed by atoms with E-state index >= 15 is 0 Å². The first-order valence-corrected chi connectivity index (χ1v) is 8.27. The molecule has 0 saturated heterocycles. The highest BCUT2D eigenvalue weighted by Gasteiger charge is 2.34. The van der Waals surface area contributed by atoms with Crippen LogP contribution >= 0.6 is 7.60 Å². The Balaban J connectivity index is 2.40. The first-order valence-electron chi connectivity index (χ1n) is 6.62. The summed E-state index contributed by atoms with van der Waals surface area (Å²) in [4.78, 5) is 9.98. The fourth-order valence-corrected chi connectivity index (χ4v) is 3.40. The number of aliphatic hydroxyl groups is 1. The van der Waals surface area contributed by atoms with Gasteiger partial charge in [0.1, 0.15) is 0 Å². The van der Waals surface area contributed by atoms with E-state index in [9.17, 15) is 14.6 Å². The summed E-state index contributed by atoms with van der Waals surface area (Å²) in [6, 6.07) is 12.7. The molecule has 108 valence electrons. The number of benzene rings is 2. The lowest BCUT2D eigenvalue weighted by Gasteiger charge is -2.22. The smallest absolute Gasteiger partial charge is 0.361 e. The minimum atomic E-state index is -4.13. The maximum atomic E-state index is 12.2. The highest BCUT2D eigenvalue weighted by atomic mass is 31.2. The topological polar surface area (TPSA) is 66.8 Å². The van der Waals surface area contributed by atoms with Crippen molar-refractivity contribution >= 4 is 18.4 Å². The molecule has 0 aliphatic carbocycles. The highest BCUT2D eigenvalue weighted by molar-refractivity contribution is 7.53. The predicted molar refractivity (Wildman–Crippen MR) is 79.6 cm³/mol. The van der Waals surface area contributed by atoms with Gasteiger partial charge in [-0.3, -0.25) is 4.57 Å². The lowest BCUT2D eigenvalue weighted by atomic mass is 10.1. The van der Waals surface area contributed by atoms with Crippen molar-refractivity contribution in [1.82, 2.24) is 0 Å². The monoisotopic (exact) mass is 294 g/mol. The van der Waals surface area contributed by atoms with Crippen molar-refractivity contribution in [2.75, 3.05) is 0 Å². The van der Waals surface area contributed by atoms with Crippen molar-refractivity contribution in [2.45, 2.75) is 32.2 Å². The van der Waals surface area contributed by atoms with E-state index in [0.717, 1.165) is 10.8 Å². The second kappa shape index (κ2) is 6.06. The molecule has 0 amide bonds. The summed E-state index contributed by atoms with van der Waals surface area (Å²) >= 11 is 0. The van der Waals surface area contributed by atoms with Crippen molar-refractivity contribution in [1.29, 1.82) is 0 Å². The quantitative estimate of drug-likeness (QED) is 0.822. The van der Waals surface area contributed by atoms with Crippen LogP contribution in [0.25, 0.3) is 10.8 Å². The Kier molecular flexibility index (Phi) is 4.61. The fraction of sp³-hybridized carbons (Fsp3) is 0.333. The minimum Gasteiger partial charge on any atom is -0.376 e.